The second-order valence-electron chi connectivity index (χ2n) is 1.63. The van der Waals surface area contributed by atoms with Gasteiger partial charge in [-0.1, -0.05) is 6.92 Å². The van der Waals surface area contributed by atoms with E-state index in [2.05, 4.69) is 0 Å². The van der Waals surface area contributed by atoms with Crippen molar-refractivity contribution in [1.82, 2.24) is 0 Å². The lowest BCUT2D eigenvalue weighted by Crippen LogP contribution is -2.02. The summed E-state index contributed by atoms with van der Waals surface area (Å²) in [4.78, 5) is 0. The van der Waals surface area contributed by atoms with Crippen LogP contribution in [-0.2, 0) is 9.29 Å². The predicted octanol–water partition coefficient (Wildman–Crippen LogP) is -0.908. The minimum Gasteiger partial charge on any atom is -0.237 e. The molecule has 0 atom stereocenters. The van der Waals surface area contributed by atoms with Gasteiger partial charge in [-0.05, 0) is 6.42 Å². The van der Waals surface area contributed by atoms with Crippen LogP contribution in [0.25, 0.3) is 0 Å². The monoisotopic (exact) mass is 138 g/mol. The van der Waals surface area contributed by atoms with Gasteiger partial charge >= 0.3 is 0 Å². The lowest BCUT2D eigenvalue weighted by Gasteiger charge is -1.87. The summed E-state index contributed by atoms with van der Waals surface area (Å²) < 4.78 is 20.6. The topological polar surface area (TPSA) is 34.1 Å². The van der Waals surface area contributed by atoms with E-state index in [1.165, 1.54) is 0 Å². The van der Waals surface area contributed by atoms with E-state index >= 15 is 0 Å². The lowest BCUT2D eigenvalue weighted by molar-refractivity contribution is 0.608. The molecule has 0 aliphatic heterocycles. The summed E-state index contributed by atoms with van der Waals surface area (Å²) in [5.74, 6) is 0.374. The van der Waals surface area contributed by atoms with E-state index in [1.54, 1.807) is 0 Å². The molecule has 0 saturated heterocycles. The van der Waals surface area contributed by atoms with Gasteiger partial charge in [0, 0.05) is 5.75 Å². The van der Waals surface area contributed by atoms with E-state index < -0.39 is 9.29 Å². The van der Waals surface area contributed by atoms with Crippen LogP contribution in [0.1, 0.15) is 13.3 Å². The van der Waals surface area contributed by atoms with Crippen molar-refractivity contribution in [3.05, 3.63) is 0 Å². The second kappa shape index (κ2) is 2.47. The first-order chi connectivity index (χ1) is 3.06. The van der Waals surface area contributed by atoms with Gasteiger partial charge in [-0.25, -0.2) is 8.42 Å². The Morgan fingerprint density at radius 2 is 2.00 bits per heavy atom. The van der Waals surface area contributed by atoms with Crippen molar-refractivity contribution < 1.29 is 8.42 Å². The summed E-state index contributed by atoms with van der Waals surface area (Å²) in [7, 11) is -2.23. The molecule has 7 heavy (non-hydrogen) atoms. The Bertz CT molecular complexity index is 126. The standard InChI is InChI=1S/C3H10O2SSi/c1-2-3-6(4,5)7/h2-3H2,1,7H3. The van der Waals surface area contributed by atoms with E-state index in [0.717, 1.165) is 6.42 Å². The van der Waals surface area contributed by atoms with E-state index in [0.29, 0.717) is 15.1 Å². The molecule has 0 aromatic heterocycles. The van der Waals surface area contributed by atoms with Crippen molar-refractivity contribution in [2.45, 2.75) is 13.3 Å². The van der Waals surface area contributed by atoms with Gasteiger partial charge < -0.3 is 0 Å². The molecule has 0 rings (SSSR count). The second-order valence-corrected chi connectivity index (χ2v) is 7.62. The summed E-state index contributed by atoms with van der Waals surface area (Å²) in [5.41, 5.74) is 0. The van der Waals surface area contributed by atoms with Gasteiger partial charge in [-0.3, -0.25) is 0 Å². The third-order valence-corrected chi connectivity index (χ3v) is 2.95. The van der Waals surface area contributed by atoms with Gasteiger partial charge in [0.2, 0.25) is 0 Å². The highest BCUT2D eigenvalue weighted by molar-refractivity contribution is 8.12. The third-order valence-electron chi connectivity index (χ3n) is 0.575. The van der Waals surface area contributed by atoms with Gasteiger partial charge in [0.15, 0.2) is 0 Å². The van der Waals surface area contributed by atoms with Gasteiger partial charge in [-0.15, -0.1) is 0 Å². The van der Waals surface area contributed by atoms with Crippen molar-refractivity contribution in [1.29, 1.82) is 0 Å². The first-order valence-electron chi connectivity index (χ1n) is 2.24. The average Bonchev–Trinajstić information content (AvgIpc) is 1.30. The maximum Gasteiger partial charge on any atom is 0.148 e. The molecular weight excluding hydrogens is 128 g/mol. The Kier molecular flexibility index (Phi) is 2.53. The first-order valence-corrected chi connectivity index (χ1v) is 6.75. The molecule has 2 nitrogen and oxygen atoms in total. The Labute approximate surface area is 46.9 Å². The smallest absolute Gasteiger partial charge is 0.148 e. The molecule has 0 fully saturated rings. The lowest BCUT2D eigenvalue weighted by atomic mass is 10.6. The number of rotatable bonds is 2. The molecule has 0 unspecified atom stereocenters. The van der Waals surface area contributed by atoms with Gasteiger partial charge in [-0.2, -0.15) is 0 Å². The largest absolute Gasteiger partial charge is 0.237 e. The van der Waals surface area contributed by atoms with Crippen LogP contribution in [0.3, 0.4) is 0 Å². The number of hydrogen-bond donors (Lipinski definition) is 0. The zero-order chi connectivity index (χ0) is 5.91. The van der Waals surface area contributed by atoms with Crippen molar-refractivity contribution in [3.8, 4) is 0 Å². The molecular formula is C3H10O2SSi. The summed E-state index contributed by atoms with van der Waals surface area (Å²) in [6.45, 7) is 1.87. The molecule has 0 amide bonds. The summed E-state index contributed by atoms with van der Waals surface area (Å²) in [5, 5.41) is 0. The van der Waals surface area contributed by atoms with Gasteiger partial charge in [0.05, 0.1) is 0 Å². The number of hydrogen-bond acceptors (Lipinski definition) is 2. The third kappa shape index (κ3) is 6.17. The molecule has 0 aromatic carbocycles. The highest BCUT2D eigenvalue weighted by Gasteiger charge is 1.94. The minimum absolute atomic E-state index is 0.310. The van der Waals surface area contributed by atoms with Crippen LogP contribution in [0.4, 0.5) is 0 Å². The maximum atomic E-state index is 10.3. The highest BCUT2D eigenvalue weighted by atomic mass is 32.4. The molecule has 0 bridgehead atoms. The zero-order valence-corrected chi connectivity index (χ0v) is 7.46. The normalized spacial score (nSPS) is 12.1. The molecule has 0 N–H and O–H groups in total. The van der Waals surface area contributed by atoms with Crippen LogP contribution in [-0.4, -0.2) is 23.6 Å². The zero-order valence-electron chi connectivity index (χ0n) is 4.64. The Balaban J connectivity index is 3.60. The van der Waals surface area contributed by atoms with Crippen molar-refractivity contribution in [2.75, 3.05) is 5.75 Å². The van der Waals surface area contributed by atoms with Crippen molar-refractivity contribution >= 4 is 18.7 Å². The molecule has 0 aliphatic rings. The van der Waals surface area contributed by atoms with E-state index in [9.17, 15) is 8.42 Å². The van der Waals surface area contributed by atoms with Crippen LogP contribution in [0.2, 0.25) is 0 Å². The van der Waals surface area contributed by atoms with Crippen molar-refractivity contribution in [2.24, 2.45) is 0 Å². The van der Waals surface area contributed by atoms with Gasteiger partial charge in [0.1, 0.15) is 18.7 Å². The van der Waals surface area contributed by atoms with E-state index in [1.807, 2.05) is 6.92 Å². The average molecular weight is 138 g/mol. The van der Waals surface area contributed by atoms with Crippen LogP contribution in [0.15, 0.2) is 0 Å². The molecule has 0 aliphatic carbocycles. The quantitative estimate of drug-likeness (QED) is 0.463. The fourth-order valence-electron chi connectivity index (χ4n) is 0.371. The fraction of sp³-hybridized carbons (Fsp3) is 1.00. The van der Waals surface area contributed by atoms with Crippen LogP contribution >= 0.6 is 0 Å². The maximum absolute atomic E-state index is 10.3. The van der Waals surface area contributed by atoms with Crippen LogP contribution in [0, 0.1) is 0 Å². The highest BCUT2D eigenvalue weighted by Crippen LogP contribution is 1.83. The van der Waals surface area contributed by atoms with E-state index in [4.69, 9.17) is 0 Å². The Morgan fingerprint density at radius 1 is 1.57 bits per heavy atom. The van der Waals surface area contributed by atoms with Gasteiger partial charge in [0.25, 0.3) is 0 Å². The summed E-state index contributed by atoms with van der Waals surface area (Å²) >= 11 is 0. The van der Waals surface area contributed by atoms with E-state index in [-0.39, 0.29) is 0 Å². The van der Waals surface area contributed by atoms with Crippen LogP contribution < -0.4 is 0 Å². The van der Waals surface area contributed by atoms with Crippen LogP contribution in [0.5, 0.6) is 0 Å². The van der Waals surface area contributed by atoms with Crippen molar-refractivity contribution in [3.63, 3.8) is 0 Å². The first kappa shape index (κ1) is 7.17. The molecule has 0 radical (unpaired) electrons. The fourth-order valence-corrected chi connectivity index (χ4v) is 2.34. The SMILES string of the molecule is CCCS(=O)(=O)[SiH3]. The molecule has 0 aromatic rings. The predicted molar refractivity (Wildman–Crippen MR) is 34.0 cm³/mol. The molecule has 0 saturated carbocycles. The minimum atomic E-state index is -2.54. The summed E-state index contributed by atoms with van der Waals surface area (Å²) in [6.07, 6.45) is 0.756. The molecule has 0 spiro atoms. The molecule has 0 heterocycles. The summed E-state index contributed by atoms with van der Waals surface area (Å²) in [6, 6.07) is 0. The molecule has 44 valence electrons. The Hall–Kier alpha value is 0.167. The molecule has 4 heteroatoms. The Morgan fingerprint density at radius 3 is 2.00 bits per heavy atom.